The van der Waals surface area contributed by atoms with Crippen LogP contribution in [0.15, 0.2) is 0 Å². The van der Waals surface area contributed by atoms with Crippen molar-refractivity contribution in [3.05, 3.63) is 0 Å². The third-order valence-corrected chi connectivity index (χ3v) is 7.15. The average molecular weight is 439 g/mol. The molecule has 0 bridgehead atoms. The van der Waals surface area contributed by atoms with Crippen LogP contribution in [-0.2, 0) is 0 Å². The average Bonchev–Trinajstić information content (AvgIpc) is 2.78. The molecule has 1 nitrogen and oxygen atoms in total. The monoisotopic (exact) mass is 439 g/mol. The van der Waals surface area contributed by atoms with Crippen LogP contribution < -0.4 is 4.90 Å². The number of rotatable bonds is 27. The number of hydrogen-bond acceptors (Lipinski definition) is 0. The maximum absolute atomic E-state index is 2.32. The van der Waals surface area contributed by atoms with E-state index < -0.39 is 0 Å². The summed E-state index contributed by atoms with van der Waals surface area (Å²) in [7, 11) is 0. The lowest BCUT2D eigenvalue weighted by molar-refractivity contribution is -0.900. The Labute approximate surface area is 199 Å². The highest BCUT2D eigenvalue weighted by Crippen LogP contribution is 2.10. The van der Waals surface area contributed by atoms with E-state index in [-0.39, 0.29) is 0 Å². The minimum atomic E-state index is 1.37. The van der Waals surface area contributed by atoms with E-state index in [1.807, 2.05) is 4.90 Å². The van der Waals surface area contributed by atoms with Crippen LogP contribution in [0.5, 0.6) is 0 Å². The molecule has 1 heteroatoms. The zero-order valence-corrected chi connectivity index (χ0v) is 22.6. The first-order chi connectivity index (χ1) is 15.3. The van der Waals surface area contributed by atoms with Gasteiger partial charge in [0.25, 0.3) is 0 Å². The van der Waals surface area contributed by atoms with Gasteiger partial charge < -0.3 is 4.90 Å². The van der Waals surface area contributed by atoms with Gasteiger partial charge in [0.1, 0.15) is 0 Å². The molecule has 0 aromatic carbocycles. The highest BCUT2D eigenvalue weighted by atomic mass is 15.1. The standard InChI is InChI=1S/C30H63N/c1-4-7-10-13-16-19-22-25-28-31(29-26-23-20-17-14-11-8-5-2)30-27-24-21-18-15-12-9-6-3/h4-30H2,1-3H3/p+1. The first kappa shape index (κ1) is 31.0. The zero-order valence-electron chi connectivity index (χ0n) is 22.6. The summed E-state index contributed by atoms with van der Waals surface area (Å²) in [6.07, 6.45) is 34.9. The predicted molar refractivity (Wildman–Crippen MR) is 143 cm³/mol. The van der Waals surface area contributed by atoms with Crippen LogP contribution in [0.25, 0.3) is 0 Å². The Bertz CT molecular complexity index is 253. The molecule has 0 amide bonds. The molecular formula is C30H64N+. The second-order valence-electron chi connectivity index (χ2n) is 10.4. The molecule has 0 fully saturated rings. The van der Waals surface area contributed by atoms with E-state index in [0.717, 1.165) is 0 Å². The number of hydrogen-bond donors (Lipinski definition) is 1. The number of unbranched alkanes of at least 4 members (excludes halogenated alkanes) is 21. The van der Waals surface area contributed by atoms with Crippen molar-refractivity contribution >= 4 is 0 Å². The van der Waals surface area contributed by atoms with Crippen molar-refractivity contribution in [1.82, 2.24) is 0 Å². The van der Waals surface area contributed by atoms with Gasteiger partial charge in [0.2, 0.25) is 0 Å². The van der Waals surface area contributed by atoms with E-state index in [0.29, 0.717) is 0 Å². The summed E-state index contributed by atoms with van der Waals surface area (Å²) in [6, 6.07) is 0. The Balaban J connectivity index is 3.82. The SMILES string of the molecule is CCCCCCCCCC[NH+](CCCCCCCCCC)CCCCCCCCCC. The van der Waals surface area contributed by atoms with Crippen molar-refractivity contribution in [2.45, 2.75) is 175 Å². The minimum absolute atomic E-state index is 1.37. The molecule has 0 radical (unpaired) electrons. The first-order valence-corrected chi connectivity index (χ1v) is 15.2. The second-order valence-corrected chi connectivity index (χ2v) is 10.4. The van der Waals surface area contributed by atoms with Crippen molar-refractivity contribution in [2.75, 3.05) is 19.6 Å². The second kappa shape index (κ2) is 28.0. The molecule has 0 atom stereocenters. The van der Waals surface area contributed by atoms with Gasteiger partial charge in [-0.3, -0.25) is 0 Å². The smallest absolute Gasteiger partial charge is 0.0770 e. The highest BCUT2D eigenvalue weighted by molar-refractivity contribution is 4.49. The van der Waals surface area contributed by atoms with Crippen LogP contribution in [-0.4, -0.2) is 19.6 Å². The molecule has 0 aromatic heterocycles. The lowest BCUT2D eigenvalue weighted by atomic mass is 10.1. The largest absolute Gasteiger partial charge is 0.335 e. The third-order valence-electron chi connectivity index (χ3n) is 7.15. The molecule has 0 aliphatic rings. The summed E-state index contributed by atoms with van der Waals surface area (Å²) in [5.74, 6) is 0. The molecule has 0 heterocycles. The Morgan fingerprint density at radius 2 is 0.452 bits per heavy atom. The molecule has 0 spiro atoms. The van der Waals surface area contributed by atoms with E-state index >= 15 is 0 Å². The maximum atomic E-state index is 2.32. The van der Waals surface area contributed by atoms with Crippen LogP contribution >= 0.6 is 0 Å². The van der Waals surface area contributed by atoms with Crippen LogP contribution in [0, 0.1) is 0 Å². The molecule has 0 aromatic rings. The third kappa shape index (κ3) is 26.1. The topological polar surface area (TPSA) is 4.44 Å². The molecule has 0 rings (SSSR count). The molecule has 0 unspecified atom stereocenters. The fourth-order valence-corrected chi connectivity index (χ4v) is 4.90. The summed E-state index contributed by atoms with van der Waals surface area (Å²) in [5.41, 5.74) is 0. The summed E-state index contributed by atoms with van der Waals surface area (Å²) >= 11 is 0. The lowest BCUT2D eigenvalue weighted by Gasteiger charge is -2.20. The summed E-state index contributed by atoms with van der Waals surface area (Å²) in [5, 5.41) is 0. The van der Waals surface area contributed by atoms with Crippen molar-refractivity contribution < 1.29 is 4.90 Å². The van der Waals surface area contributed by atoms with Crippen LogP contribution in [0.2, 0.25) is 0 Å². The molecule has 1 N–H and O–H groups in total. The minimum Gasteiger partial charge on any atom is -0.335 e. The van der Waals surface area contributed by atoms with Gasteiger partial charge in [-0.2, -0.15) is 0 Å². The van der Waals surface area contributed by atoms with Crippen molar-refractivity contribution in [3.8, 4) is 0 Å². The molecule has 188 valence electrons. The van der Waals surface area contributed by atoms with Crippen molar-refractivity contribution in [2.24, 2.45) is 0 Å². The Hall–Kier alpha value is -0.0400. The van der Waals surface area contributed by atoms with Crippen molar-refractivity contribution in [3.63, 3.8) is 0 Å². The van der Waals surface area contributed by atoms with Gasteiger partial charge >= 0.3 is 0 Å². The zero-order chi connectivity index (χ0) is 22.7. The van der Waals surface area contributed by atoms with Crippen LogP contribution in [0.3, 0.4) is 0 Å². The van der Waals surface area contributed by atoms with Gasteiger partial charge in [-0.25, -0.2) is 0 Å². The molecule has 31 heavy (non-hydrogen) atoms. The number of nitrogens with one attached hydrogen (secondary N) is 1. The van der Waals surface area contributed by atoms with Gasteiger partial charge in [-0.1, -0.05) is 136 Å². The van der Waals surface area contributed by atoms with Gasteiger partial charge in [0, 0.05) is 0 Å². The van der Waals surface area contributed by atoms with E-state index in [4.69, 9.17) is 0 Å². The molecule has 0 saturated carbocycles. The molecule has 0 aliphatic carbocycles. The van der Waals surface area contributed by atoms with Gasteiger partial charge in [0.15, 0.2) is 0 Å². The first-order valence-electron chi connectivity index (χ1n) is 15.2. The van der Waals surface area contributed by atoms with E-state index in [1.54, 1.807) is 0 Å². The molecule has 0 saturated heterocycles. The van der Waals surface area contributed by atoms with E-state index in [2.05, 4.69) is 20.8 Å². The number of quaternary nitrogens is 1. The van der Waals surface area contributed by atoms with Crippen molar-refractivity contribution in [1.29, 1.82) is 0 Å². The van der Waals surface area contributed by atoms with E-state index in [1.165, 1.54) is 174 Å². The Morgan fingerprint density at radius 3 is 0.677 bits per heavy atom. The van der Waals surface area contributed by atoms with Gasteiger partial charge in [-0.05, 0) is 38.5 Å². The molecule has 0 aliphatic heterocycles. The van der Waals surface area contributed by atoms with E-state index in [9.17, 15) is 0 Å². The Morgan fingerprint density at radius 1 is 0.258 bits per heavy atom. The molecular weight excluding hydrogens is 374 g/mol. The fraction of sp³-hybridized carbons (Fsp3) is 1.00. The van der Waals surface area contributed by atoms with Gasteiger partial charge in [-0.15, -0.1) is 0 Å². The summed E-state index contributed by atoms with van der Waals surface area (Å²) in [6.45, 7) is 11.3. The highest BCUT2D eigenvalue weighted by Gasteiger charge is 2.08. The van der Waals surface area contributed by atoms with Gasteiger partial charge in [0.05, 0.1) is 19.6 Å². The quantitative estimate of drug-likeness (QED) is 0.122. The maximum Gasteiger partial charge on any atom is 0.0770 e. The van der Waals surface area contributed by atoms with Crippen LogP contribution in [0.4, 0.5) is 0 Å². The fourth-order valence-electron chi connectivity index (χ4n) is 4.90. The summed E-state index contributed by atoms with van der Waals surface area (Å²) in [4.78, 5) is 1.93. The lowest BCUT2D eigenvalue weighted by Crippen LogP contribution is -3.12. The summed E-state index contributed by atoms with van der Waals surface area (Å²) < 4.78 is 0. The van der Waals surface area contributed by atoms with Crippen LogP contribution in [0.1, 0.15) is 175 Å². The predicted octanol–water partition coefficient (Wildman–Crippen LogP) is 9.29. The Kier molecular flexibility index (Phi) is 28.0. The normalized spacial score (nSPS) is 11.6.